The molecule has 0 unspecified atom stereocenters. The molecule has 0 atom stereocenters. The Labute approximate surface area is 167 Å². The minimum Gasteiger partial charge on any atom is -0.491 e. The van der Waals surface area contributed by atoms with Gasteiger partial charge in [-0.2, -0.15) is 0 Å². The van der Waals surface area contributed by atoms with Crippen molar-refractivity contribution in [3.05, 3.63) is 59.4 Å². The van der Waals surface area contributed by atoms with E-state index in [0.717, 1.165) is 29.5 Å². The zero-order valence-corrected chi connectivity index (χ0v) is 17.7. The number of aromatic nitrogens is 1. The summed E-state index contributed by atoms with van der Waals surface area (Å²) in [6.07, 6.45) is 1.81. The van der Waals surface area contributed by atoms with E-state index in [1.54, 1.807) is 7.05 Å². The Balaban J connectivity index is 0.00000312. The van der Waals surface area contributed by atoms with Crippen LogP contribution in [0.2, 0.25) is 0 Å². The van der Waals surface area contributed by atoms with E-state index in [0.29, 0.717) is 13.2 Å². The molecule has 5 nitrogen and oxygen atoms in total. The van der Waals surface area contributed by atoms with E-state index in [4.69, 9.17) is 4.74 Å². The number of nitrogens with zero attached hydrogens (tertiary/aromatic N) is 3. The molecule has 0 spiro atoms. The van der Waals surface area contributed by atoms with Crippen LogP contribution in [0.25, 0.3) is 0 Å². The van der Waals surface area contributed by atoms with E-state index < -0.39 is 0 Å². The van der Waals surface area contributed by atoms with Crippen molar-refractivity contribution in [3.63, 3.8) is 0 Å². The van der Waals surface area contributed by atoms with Gasteiger partial charge in [0.2, 0.25) is 0 Å². The van der Waals surface area contributed by atoms with Crippen molar-refractivity contribution < 1.29 is 4.74 Å². The highest BCUT2D eigenvalue weighted by atomic mass is 127. The minimum absolute atomic E-state index is 0. The number of halogens is 1. The van der Waals surface area contributed by atoms with Crippen molar-refractivity contribution in [2.45, 2.75) is 20.4 Å². The molecule has 0 radical (unpaired) electrons. The van der Waals surface area contributed by atoms with Gasteiger partial charge in [0.25, 0.3) is 0 Å². The van der Waals surface area contributed by atoms with Crippen LogP contribution in [0.4, 0.5) is 0 Å². The predicted molar refractivity (Wildman–Crippen MR) is 114 cm³/mol. The first-order valence-electron chi connectivity index (χ1n) is 8.12. The molecule has 0 bridgehead atoms. The SMILES string of the molecule is CN=C(NCc1ncccc1C)N(C)CCOc1ccccc1C.I. The Morgan fingerprint density at radius 3 is 2.56 bits per heavy atom. The molecule has 6 heteroatoms. The summed E-state index contributed by atoms with van der Waals surface area (Å²) in [6, 6.07) is 12.1. The topological polar surface area (TPSA) is 49.8 Å². The van der Waals surface area contributed by atoms with E-state index in [1.807, 2.05) is 37.5 Å². The zero-order chi connectivity index (χ0) is 17.4. The van der Waals surface area contributed by atoms with Gasteiger partial charge in [-0.3, -0.25) is 9.98 Å². The number of guanidine groups is 1. The van der Waals surface area contributed by atoms with Crippen LogP contribution >= 0.6 is 24.0 Å². The molecule has 1 aromatic heterocycles. The Hall–Kier alpha value is -1.83. The summed E-state index contributed by atoms with van der Waals surface area (Å²) in [5.41, 5.74) is 3.35. The van der Waals surface area contributed by atoms with Crippen molar-refractivity contribution >= 4 is 29.9 Å². The van der Waals surface area contributed by atoms with Gasteiger partial charge in [0, 0.05) is 20.3 Å². The second-order valence-electron chi connectivity index (χ2n) is 5.70. The highest BCUT2D eigenvalue weighted by Gasteiger charge is 2.07. The number of hydrogen-bond donors (Lipinski definition) is 1. The number of hydrogen-bond acceptors (Lipinski definition) is 3. The fraction of sp³-hybridized carbons (Fsp3) is 0.368. The number of nitrogens with one attached hydrogen (secondary N) is 1. The molecule has 0 amide bonds. The molecule has 0 saturated heterocycles. The Morgan fingerprint density at radius 2 is 1.88 bits per heavy atom. The van der Waals surface area contributed by atoms with Crippen LogP contribution in [0.5, 0.6) is 5.75 Å². The van der Waals surface area contributed by atoms with Crippen molar-refractivity contribution in [2.75, 3.05) is 27.2 Å². The molecule has 1 aromatic carbocycles. The van der Waals surface area contributed by atoms with E-state index in [9.17, 15) is 0 Å². The lowest BCUT2D eigenvalue weighted by Crippen LogP contribution is -2.40. The third-order valence-electron chi connectivity index (χ3n) is 3.88. The maximum Gasteiger partial charge on any atom is 0.193 e. The Morgan fingerprint density at radius 1 is 1.16 bits per heavy atom. The standard InChI is InChI=1S/C19H26N4O.HI/c1-15-9-7-11-21-17(15)14-22-19(20-3)23(4)12-13-24-18-10-6-5-8-16(18)2;/h5-11H,12-14H2,1-4H3,(H,20,22);1H. The van der Waals surface area contributed by atoms with Gasteiger partial charge >= 0.3 is 0 Å². The van der Waals surface area contributed by atoms with Crippen LogP contribution in [0, 0.1) is 13.8 Å². The number of ether oxygens (including phenoxy) is 1. The summed E-state index contributed by atoms with van der Waals surface area (Å²) in [7, 11) is 3.79. The molecule has 0 aliphatic heterocycles. The second kappa shape index (κ2) is 10.9. The average molecular weight is 454 g/mol. The lowest BCUT2D eigenvalue weighted by atomic mass is 10.2. The highest BCUT2D eigenvalue weighted by Crippen LogP contribution is 2.15. The lowest BCUT2D eigenvalue weighted by molar-refractivity contribution is 0.280. The van der Waals surface area contributed by atoms with Crippen LogP contribution in [-0.4, -0.2) is 43.1 Å². The zero-order valence-electron chi connectivity index (χ0n) is 15.3. The predicted octanol–water partition coefficient (Wildman–Crippen LogP) is 3.40. The smallest absolute Gasteiger partial charge is 0.193 e. The van der Waals surface area contributed by atoms with E-state index >= 15 is 0 Å². The van der Waals surface area contributed by atoms with Crippen LogP contribution in [-0.2, 0) is 6.54 Å². The molecular formula is C19H27IN4O. The summed E-state index contributed by atoms with van der Waals surface area (Å²) in [6.45, 7) is 6.11. The largest absolute Gasteiger partial charge is 0.491 e. The third kappa shape index (κ3) is 6.53. The van der Waals surface area contributed by atoms with Crippen molar-refractivity contribution in [1.29, 1.82) is 0 Å². The number of pyridine rings is 1. The fourth-order valence-corrected chi connectivity index (χ4v) is 2.37. The summed E-state index contributed by atoms with van der Waals surface area (Å²) in [5, 5.41) is 3.34. The van der Waals surface area contributed by atoms with E-state index in [2.05, 4.69) is 46.2 Å². The molecular weight excluding hydrogens is 427 g/mol. The molecule has 2 aromatic rings. The number of benzene rings is 1. The van der Waals surface area contributed by atoms with Gasteiger partial charge in [0.1, 0.15) is 12.4 Å². The van der Waals surface area contributed by atoms with Crippen molar-refractivity contribution in [1.82, 2.24) is 15.2 Å². The second-order valence-corrected chi connectivity index (χ2v) is 5.70. The number of aliphatic imine (C=N–C) groups is 1. The first-order chi connectivity index (χ1) is 11.6. The van der Waals surface area contributed by atoms with Crippen LogP contribution in [0.3, 0.4) is 0 Å². The minimum atomic E-state index is 0. The van der Waals surface area contributed by atoms with E-state index in [-0.39, 0.29) is 24.0 Å². The molecule has 0 aliphatic rings. The van der Waals surface area contributed by atoms with Gasteiger partial charge in [0.05, 0.1) is 18.8 Å². The first kappa shape index (κ1) is 21.2. The maximum atomic E-state index is 5.85. The van der Waals surface area contributed by atoms with Gasteiger partial charge in [-0.15, -0.1) is 24.0 Å². The normalized spacial score (nSPS) is 10.8. The highest BCUT2D eigenvalue weighted by molar-refractivity contribution is 14.0. The molecule has 2 rings (SSSR count). The first-order valence-corrected chi connectivity index (χ1v) is 8.12. The molecule has 1 heterocycles. The summed E-state index contributed by atoms with van der Waals surface area (Å²) in [5.74, 6) is 1.76. The van der Waals surface area contributed by atoms with Gasteiger partial charge in [-0.25, -0.2) is 0 Å². The van der Waals surface area contributed by atoms with Crippen molar-refractivity contribution in [3.8, 4) is 5.75 Å². The van der Waals surface area contributed by atoms with Crippen LogP contribution in [0.15, 0.2) is 47.6 Å². The molecule has 0 fully saturated rings. The molecule has 136 valence electrons. The van der Waals surface area contributed by atoms with Crippen molar-refractivity contribution in [2.24, 2.45) is 4.99 Å². The lowest BCUT2D eigenvalue weighted by Gasteiger charge is -2.22. The van der Waals surface area contributed by atoms with Gasteiger partial charge in [-0.1, -0.05) is 24.3 Å². The average Bonchev–Trinajstić information content (AvgIpc) is 2.58. The Kier molecular flexibility index (Phi) is 9.26. The fourth-order valence-electron chi connectivity index (χ4n) is 2.37. The monoisotopic (exact) mass is 454 g/mol. The number of rotatable bonds is 6. The molecule has 0 aliphatic carbocycles. The summed E-state index contributed by atoms with van der Waals surface area (Å²) < 4.78 is 5.85. The molecule has 0 saturated carbocycles. The van der Waals surface area contributed by atoms with Gasteiger partial charge < -0.3 is 15.0 Å². The number of aryl methyl sites for hydroxylation is 2. The number of likely N-dealkylation sites (N-methyl/N-ethyl adjacent to an activating group) is 1. The van der Waals surface area contributed by atoms with E-state index in [1.165, 1.54) is 5.56 Å². The van der Waals surface area contributed by atoms with Crippen LogP contribution in [0.1, 0.15) is 16.8 Å². The quantitative estimate of drug-likeness (QED) is 0.413. The summed E-state index contributed by atoms with van der Waals surface area (Å²) in [4.78, 5) is 10.8. The molecule has 25 heavy (non-hydrogen) atoms. The van der Waals surface area contributed by atoms with Gasteiger partial charge in [-0.05, 0) is 37.1 Å². The van der Waals surface area contributed by atoms with Gasteiger partial charge in [0.15, 0.2) is 5.96 Å². The third-order valence-corrected chi connectivity index (χ3v) is 3.88. The number of para-hydroxylation sites is 1. The maximum absolute atomic E-state index is 5.85. The van der Waals surface area contributed by atoms with Crippen LogP contribution < -0.4 is 10.1 Å². The molecule has 1 N–H and O–H groups in total. The Bertz CT molecular complexity index is 691. The summed E-state index contributed by atoms with van der Waals surface area (Å²) >= 11 is 0.